The molecule has 0 fully saturated rings. The number of rotatable bonds is 22. The van der Waals surface area contributed by atoms with E-state index in [1.165, 1.54) is 55.7 Å². The van der Waals surface area contributed by atoms with Crippen LogP contribution in [0.4, 0.5) is 17.1 Å². The molecule has 15 rings (SSSR count). The van der Waals surface area contributed by atoms with Gasteiger partial charge in [-0.15, -0.1) is 0 Å². The molecule has 0 spiro atoms. The Bertz CT molecular complexity index is 5720. The summed E-state index contributed by atoms with van der Waals surface area (Å²) >= 11 is 0. The van der Waals surface area contributed by atoms with E-state index in [0.717, 1.165) is 23.1 Å². The third-order valence-corrected chi connectivity index (χ3v) is 17.6. The van der Waals surface area contributed by atoms with Crippen molar-refractivity contribution in [3.8, 4) is 34.3 Å². The molecule has 0 unspecified atom stereocenters. The van der Waals surface area contributed by atoms with Crippen LogP contribution in [0.5, 0.6) is 17.2 Å². The Morgan fingerprint density at radius 3 is 0.836 bits per heavy atom. The minimum atomic E-state index is -0.755. The van der Waals surface area contributed by atoms with E-state index < -0.39 is 34.0 Å². The van der Waals surface area contributed by atoms with Crippen LogP contribution in [0.3, 0.4) is 0 Å². The third-order valence-electron chi connectivity index (χ3n) is 17.6. The Morgan fingerprint density at radius 1 is 0.362 bits per heavy atom. The Balaban J connectivity index is 0.000000156. The maximum absolute atomic E-state index is 13.3. The standard InChI is InChI=1S/3C29H23N3O5.C3H7NO/c3*1-3-36-21-14-12-20(13-15-21)32-17-16-23(33)26(31-32)29(35)30-25-22-6-4-5-7-24(22)37-28(25)27(34)19-10-8-18(2)9-11-19;1-4(2)3-5/h3*4-17H,3H2,1-2H3,(H,30,35);3H,1-2H3. The number of nitrogens with zero attached hydrogens (tertiary/aromatic N) is 7. The molecular formula is C90H76N10O16. The number of carbonyl (C=O) groups is 7. The summed E-state index contributed by atoms with van der Waals surface area (Å²) in [5.74, 6) is -1.42. The molecule has 0 atom stereocenters. The Kier molecular flexibility index (Phi) is 25.2. The fourth-order valence-electron chi connectivity index (χ4n) is 11.7. The lowest BCUT2D eigenvalue weighted by Gasteiger charge is -2.09. The number of hydrogen-bond acceptors (Lipinski definition) is 19. The van der Waals surface area contributed by atoms with Gasteiger partial charge in [0.2, 0.25) is 40.0 Å². The number of anilines is 3. The van der Waals surface area contributed by atoms with Gasteiger partial charge in [-0.1, -0.05) is 126 Å². The van der Waals surface area contributed by atoms with Gasteiger partial charge in [0.05, 0.1) is 53.9 Å². The molecule has 0 aliphatic heterocycles. The SMILES string of the molecule is CCOc1ccc(-n2ccc(=O)c(C(=O)Nc3c(C(=O)c4ccc(C)cc4)oc4ccccc34)n2)cc1.CCOc1ccc(-n2ccc(=O)c(C(=O)Nc3c(C(=O)c4ccc(C)cc4)oc4ccccc34)n2)cc1.CCOc1ccc(-n2ccc(=O)c(C(=O)Nc3c(C(=O)c4ccc(C)cc4)oc4ccccc34)n2)cc1.CN(C)C=O. The Morgan fingerprint density at radius 2 is 0.603 bits per heavy atom. The van der Waals surface area contributed by atoms with E-state index in [0.29, 0.717) is 104 Å². The van der Waals surface area contributed by atoms with Gasteiger partial charge in [0.25, 0.3) is 17.7 Å². The summed E-state index contributed by atoms with van der Waals surface area (Å²) in [6, 6.07) is 67.2. The van der Waals surface area contributed by atoms with Gasteiger partial charge in [0.1, 0.15) is 34.0 Å². The quantitative estimate of drug-likeness (QED) is 0.0419. The highest BCUT2D eigenvalue weighted by Crippen LogP contribution is 2.36. The van der Waals surface area contributed by atoms with Crippen molar-refractivity contribution in [3.63, 3.8) is 0 Å². The molecule has 15 aromatic rings. The van der Waals surface area contributed by atoms with Crippen LogP contribution in [0.15, 0.2) is 283 Å². The summed E-state index contributed by atoms with van der Waals surface area (Å²) in [4.78, 5) is 128. The molecule has 0 aliphatic rings. The van der Waals surface area contributed by atoms with Gasteiger partial charge in [0, 0.05) is 83.7 Å². The lowest BCUT2D eigenvalue weighted by Crippen LogP contribution is -2.26. The number of furan rings is 3. The molecular weight excluding hydrogens is 1480 g/mol. The highest BCUT2D eigenvalue weighted by atomic mass is 16.5. The summed E-state index contributed by atoms with van der Waals surface area (Å²) in [5, 5.41) is 22.5. The van der Waals surface area contributed by atoms with E-state index in [1.807, 2.05) is 77.9 Å². The van der Waals surface area contributed by atoms with Crippen molar-refractivity contribution in [3.05, 3.63) is 354 Å². The van der Waals surface area contributed by atoms with Crippen molar-refractivity contribution in [1.29, 1.82) is 0 Å². The molecule has 0 bridgehead atoms. The van der Waals surface area contributed by atoms with E-state index in [-0.39, 0.29) is 68.8 Å². The second-order valence-electron chi connectivity index (χ2n) is 26.1. The first-order chi connectivity index (χ1) is 56.1. The minimum absolute atomic E-state index is 0.0267. The number of ketones is 3. The van der Waals surface area contributed by atoms with Gasteiger partial charge in [-0.2, -0.15) is 15.3 Å². The van der Waals surface area contributed by atoms with Crippen molar-refractivity contribution in [1.82, 2.24) is 34.2 Å². The van der Waals surface area contributed by atoms with Gasteiger partial charge < -0.3 is 48.3 Å². The lowest BCUT2D eigenvalue weighted by molar-refractivity contribution is -0.115. The van der Waals surface area contributed by atoms with Crippen LogP contribution in [0.25, 0.3) is 50.0 Å². The number of carbonyl (C=O) groups excluding carboxylic acids is 7. The molecule has 26 heteroatoms. The molecule has 6 heterocycles. The zero-order valence-electron chi connectivity index (χ0n) is 64.1. The largest absolute Gasteiger partial charge is 0.494 e. The smallest absolute Gasteiger partial charge is 0.280 e. The summed E-state index contributed by atoms with van der Waals surface area (Å²) in [6.45, 7) is 13.1. The fraction of sp³-hybridized carbons (Fsp3) is 0.122. The molecule has 26 nitrogen and oxygen atoms in total. The van der Waals surface area contributed by atoms with Gasteiger partial charge in [-0.25, -0.2) is 14.0 Å². The molecule has 0 aliphatic carbocycles. The van der Waals surface area contributed by atoms with Crippen LogP contribution in [0.2, 0.25) is 0 Å². The Labute approximate surface area is 662 Å². The van der Waals surface area contributed by atoms with Gasteiger partial charge in [-0.05, 0) is 151 Å². The van der Waals surface area contributed by atoms with Crippen molar-refractivity contribution < 1.29 is 61.0 Å². The average molecular weight is 1550 g/mol. The number of hydrogen-bond donors (Lipinski definition) is 3. The first-order valence-electron chi connectivity index (χ1n) is 36.5. The number of amides is 4. The number of benzene rings is 9. The van der Waals surface area contributed by atoms with E-state index in [2.05, 4.69) is 31.2 Å². The van der Waals surface area contributed by atoms with Gasteiger partial charge in [-0.3, -0.25) is 47.9 Å². The van der Waals surface area contributed by atoms with Crippen LogP contribution >= 0.6 is 0 Å². The van der Waals surface area contributed by atoms with Crippen molar-refractivity contribution in [2.24, 2.45) is 0 Å². The number of aromatic nitrogens is 6. The highest BCUT2D eigenvalue weighted by molar-refractivity contribution is 6.21. The second kappa shape index (κ2) is 36.6. The van der Waals surface area contributed by atoms with E-state index in [1.54, 1.807) is 196 Å². The summed E-state index contributed by atoms with van der Waals surface area (Å²) in [7, 11) is 3.38. The van der Waals surface area contributed by atoms with Crippen LogP contribution in [0, 0.1) is 20.8 Å². The van der Waals surface area contributed by atoms with Crippen LogP contribution in [-0.2, 0) is 4.79 Å². The zero-order valence-corrected chi connectivity index (χ0v) is 64.1. The summed E-state index contributed by atoms with van der Waals surface area (Å²) in [5.41, 5.74) is 5.39. The maximum atomic E-state index is 13.3. The first kappa shape index (κ1) is 80.1. The topological polar surface area (TPSA) is 331 Å². The molecule has 116 heavy (non-hydrogen) atoms. The molecule has 0 saturated carbocycles. The van der Waals surface area contributed by atoms with Crippen molar-refractivity contribution in [2.45, 2.75) is 41.5 Å². The fourth-order valence-corrected chi connectivity index (χ4v) is 11.7. The van der Waals surface area contributed by atoms with Gasteiger partial charge in [0.15, 0.2) is 34.4 Å². The third kappa shape index (κ3) is 18.8. The highest BCUT2D eigenvalue weighted by Gasteiger charge is 2.29. The van der Waals surface area contributed by atoms with Crippen LogP contribution in [0.1, 0.15) is 117 Å². The molecule has 0 saturated heterocycles. The summed E-state index contributed by atoms with van der Waals surface area (Å²) in [6.07, 6.45) is 5.19. The zero-order chi connectivity index (χ0) is 82.1. The lowest BCUT2D eigenvalue weighted by atomic mass is 10.1. The molecule has 3 N–H and O–H groups in total. The molecule has 6 aromatic heterocycles. The molecule has 4 amide bonds. The average Bonchev–Trinajstić information content (AvgIpc) is 1.64. The number of fused-ring (bicyclic) bond motifs is 3. The van der Waals surface area contributed by atoms with Crippen molar-refractivity contribution >= 4 is 91.5 Å². The molecule has 0 radical (unpaired) electrons. The molecule has 582 valence electrons. The van der Waals surface area contributed by atoms with E-state index in [9.17, 15) is 47.9 Å². The predicted molar refractivity (Wildman–Crippen MR) is 439 cm³/mol. The number of para-hydroxylation sites is 3. The second-order valence-corrected chi connectivity index (χ2v) is 26.1. The molecule has 9 aromatic carbocycles. The van der Waals surface area contributed by atoms with E-state index >= 15 is 0 Å². The number of nitrogens with one attached hydrogen (secondary N) is 3. The van der Waals surface area contributed by atoms with Crippen molar-refractivity contribution in [2.75, 3.05) is 49.9 Å². The Hall–Kier alpha value is -15.5. The van der Waals surface area contributed by atoms with Gasteiger partial charge >= 0.3 is 0 Å². The maximum Gasteiger partial charge on any atom is 0.280 e. The monoisotopic (exact) mass is 1550 g/mol. The minimum Gasteiger partial charge on any atom is -0.494 e. The normalized spacial score (nSPS) is 10.7. The number of aryl methyl sites for hydroxylation is 3. The number of ether oxygens (including phenoxy) is 3. The van der Waals surface area contributed by atoms with Crippen LogP contribution in [-0.4, -0.2) is 110 Å². The van der Waals surface area contributed by atoms with E-state index in [4.69, 9.17) is 27.5 Å². The first-order valence-corrected chi connectivity index (χ1v) is 36.5. The van der Waals surface area contributed by atoms with Crippen LogP contribution < -0.4 is 46.4 Å². The predicted octanol–water partition coefficient (Wildman–Crippen LogP) is 15.2. The summed E-state index contributed by atoms with van der Waals surface area (Å²) < 4.78 is 38.2.